The molecule has 0 bridgehead atoms. The van der Waals surface area contributed by atoms with Crippen LogP contribution in [0, 0.1) is 0 Å². The number of carboxylic acid groups (broad SMARTS) is 1. The maximum Gasteiger partial charge on any atom is 0.377 e. The highest BCUT2D eigenvalue weighted by molar-refractivity contribution is 5.77. The quantitative estimate of drug-likeness (QED) is 0.589. The second kappa shape index (κ2) is 7.57. The minimum absolute atomic E-state index is 0.0419. The third kappa shape index (κ3) is 5.77. The van der Waals surface area contributed by atoms with Gasteiger partial charge in [0.2, 0.25) is 0 Å². The van der Waals surface area contributed by atoms with E-state index in [0.717, 1.165) is 0 Å². The standard InChI is InChI=1S/C14H16F2O4/c15-14(16,9-5-4-8-12(17)18)13(19)20-10-11-6-2-1-3-7-11/h1-3,6-7H,4-5,8-10H2,(H,17,18). The molecule has 1 rings (SSSR count). The fourth-order valence-corrected chi connectivity index (χ4v) is 1.55. The fourth-order valence-electron chi connectivity index (χ4n) is 1.55. The summed E-state index contributed by atoms with van der Waals surface area (Å²) in [5.41, 5.74) is 0.627. The smallest absolute Gasteiger partial charge is 0.377 e. The molecule has 0 aromatic heterocycles. The zero-order chi connectivity index (χ0) is 15.0. The van der Waals surface area contributed by atoms with Crippen molar-refractivity contribution in [3.05, 3.63) is 35.9 Å². The van der Waals surface area contributed by atoms with E-state index in [9.17, 15) is 18.4 Å². The van der Waals surface area contributed by atoms with Gasteiger partial charge in [-0.2, -0.15) is 8.78 Å². The molecule has 0 saturated carbocycles. The monoisotopic (exact) mass is 286 g/mol. The zero-order valence-corrected chi connectivity index (χ0v) is 10.9. The van der Waals surface area contributed by atoms with E-state index in [1.54, 1.807) is 30.3 Å². The number of carboxylic acids is 1. The van der Waals surface area contributed by atoms with Crippen LogP contribution in [0.25, 0.3) is 0 Å². The summed E-state index contributed by atoms with van der Waals surface area (Å²) in [7, 11) is 0. The summed E-state index contributed by atoms with van der Waals surface area (Å²) < 4.78 is 31.4. The predicted molar refractivity (Wildman–Crippen MR) is 67.3 cm³/mol. The van der Waals surface area contributed by atoms with Gasteiger partial charge in [-0.15, -0.1) is 0 Å². The van der Waals surface area contributed by atoms with Crippen molar-refractivity contribution in [3.8, 4) is 0 Å². The summed E-state index contributed by atoms with van der Waals surface area (Å²) in [6, 6.07) is 8.53. The Hall–Kier alpha value is -1.98. The number of unbranched alkanes of at least 4 members (excludes halogenated alkanes) is 1. The van der Waals surface area contributed by atoms with Crippen molar-refractivity contribution >= 4 is 11.9 Å². The van der Waals surface area contributed by atoms with Crippen LogP contribution in [0.5, 0.6) is 0 Å². The van der Waals surface area contributed by atoms with Crippen LogP contribution in [0.4, 0.5) is 8.78 Å². The van der Waals surface area contributed by atoms with Gasteiger partial charge in [-0.3, -0.25) is 4.79 Å². The maximum absolute atomic E-state index is 13.4. The minimum Gasteiger partial charge on any atom is -0.481 e. The lowest BCUT2D eigenvalue weighted by molar-refractivity contribution is -0.174. The number of hydrogen-bond donors (Lipinski definition) is 1. The van der Waals surface area contributed by atoms with Crippen molar-refractivity contribution in [1.82, 2.24) is 0 Å². The van der Waals surface area contributed by atoms with Crippen molar-refractivity contribution in [3.63, 3.8) is 0 Å². The van der Waals surface area contributed by atoms with Gasteiger partial charge in [0.15, 0.2) is 0 Å². The van der Waals surface area contributed by atoms with E-state index in [-0.39, 0.29) is 25.9 Å². The molecule has 0 spiro atoms. The van der Waals surface area contributed by atoms with Crippen LogP contribution in [0.2, 0.25) is 0 Å². The van der Waals surface area contributed by atoms with Crippen molar-refractivity contribution in [2.24, 2.45) is 0 Å². The van der Waals surface area contributed by atoms with E-state index < -0.39 is 24.3 Å². The summed E-state index contributed by atoms with van der Waals surface area (Å²) in [4.78, 5) is 21.5. The van der Waals surface area contributed by atoms with E-state index in [0.29, 0.717) is 5.56 Å². The van der Waals surface area contributed by atoms with Crippen LogP contribution < -0.4 is 0 Å². The van der Waals surface area contributed by atoms with E-state index in [4.69, 9.17) is 5.11 Å². The van der Waals surface area contributed by atoms with Gasteiger partial charge in [-0.05, 0) is 18.4 Å². The molecule has 4 nitrogen and oxygen atoms in total. The Morgan fingerprint density at radius 2 is 1.80 bits per heavy atom. The van der Waals surface area contributed by atoms with Crippen LogP contribution in [0.3, 0.4) is 0 Å². The average Bonchev–Trinajstić information content (AvgIpc) is 2.42. The first-order valence-corrected chi connectivity index (χ1v) is 6.22. The predicted octanol–water partition coefficient (Wildman–Crippen LogP) is 3.01. The number of rotatable bonds is 8. The number of aliphatic carboxylic acids is 1. The number of halogens is 2. The molecule has 1 aromatic rings. The second-order valence-electron chi connectivity index (χ2n) is 4.37. The largest absolute Gasteiger partial charge is 0.481 e. The Morgan fingerprint density at radius 1 is 1.15 bits per heavy atom. The SMILES string of the molecule is O=C(O)CCCCC(F)(F)C(=O)OCc1ccccc1. The number of benzene rings is 1. The first kappa shape index (κ1) is 16.1. The number of carbonyl (C=O) groups excluding carboxylic acids is 1. The van der Waals surface area contributed by atoms with Crippen molar-refractivity contribution < 1.29 is 28.2 Å². The molecular weight excluding hydrogens is 270 g/mol. The van der Waals surface area contributed by atoms with Crippen LogP contribution in [0.1, 0.15) is 31.2 Å². The van der Waals surface area contributed by atoms with Crippen molar-refractivity contribution in [1.29, 1.82) is 0 Å². The summed E-state index contributed by atoms with van der Waals surface area (Å²) in [5, 5.41) is 8.38. The lowest BCUT2D eigenvalue weighted by Gasteiger charge is -2.14. The molecule has 1 aromatic carbocycles. The molecule has 0 fully saturated rings. The Morgan fingerprint density at radius 3 is 2.40 bits per heavy atom. The van der Waals surface area contributed by atoms with Crippen molar-refractivity contribution in [2.75, 3.05) is 0 Å². The Kier molecular flexibility index (Phi) is 6.09. The molecule has 20 heavy (non-hydrogen) atoms. The van der Waals surface area contributed by atoms with Gasteiger partial charge in [-0.1, -0.05) is 30.3 Å². The summed E-state index contributed by atoms with van der Waals surface area (Å²) in [5.74, 6) is -6.19. The third-order valence-corrected chi connectivity index (χ3v) is 2.64. The Bertz CT molecular complexity index is 446. The van der Waals surface area contributed by atoms with Crippen molar-refractivity contribution in [2.45, 2.75) is 38.2 Å². The molecule has 0 aliphatic rings. The summed E-state index contributed by atoms with van der Waals surface area (Å²) in [6.07, 6.45) is -0.820. The van der Waals surface area contributed by atoms with E-state index in [1.807, 2.05) is 0 Å². The lowest BCUT2D eigenvalue weighted by Crippen LogP contribution is -2.30. The molecule has 0 aliphatic heterocycles. The number of esters is 1. The van der Waals surface area contributed by atoms with Gasteiger partial charge >= 0.3 is 17.9 Å². The maximum atomic E-state index is 13.4. The highest BCUT2D eigenvalue weighted by atomic mass is 19.3. The van der Waals surface area contributed by atoms with E-state index in [2.05, 4.69) is 4.74 Å². The van der Waals surface area contributed by atoms with Crippen LogP contribution >= 0.6 is 0 Å². The first-order chi connectivity index (χ1) is 9.42. The molecule has 0 atom stereocenters. The minimum atomic E-state index is -3.58. The molecular formula is C14H16F2O4. The molecule has 0 heterocycles. The molecule has 0 amide bonds. The first-order valence-electron chi connectivity index (χ1n) is 6.22. The average molecular weight is 286 g/mol. The number of alkyl halides is 2. The molecule has 0 aliphatic carbocycles. The Labute approximate surface area is 115 Å². The Balaban J connectivity index is 2.34. The summed E-state index contributed by atoms with van der Waals surface area (Å²) >= 11 is 0. The highest BCUT2D eigenvalue weighted by Gasteiger charge is 2.39. The normalized spacial score (nSPS) is 11.1. The van der Waals surface area contributed by atoms with Crippen LogP contribution in [-0.4, -0.2) is 23.0 Å². The number of carbonyl (C=O) groups is 2. The van der Waals surface area contributed by atoms with E-state index >= 15 is 0 Å². The lowest BCUT2D eigenvalue weighted by atomic mass is 10.1. The molecule has 6 heteroatoms. The van der Waals surface area contributed by atoms with Crippen LogP contribution in [-0.2, 0) is 20.9 Å². The molecule has 110 valence electrons. The molecule has 0 saturated heterocycles. The number of ether oxygens (including phenoxy) is 1. The van der Waals surface area contributed by atoms with Gasteiger partial charge in [0.05, 0.1) is 0 Å². The van der Waals surface area contributed by atoms with Gasteiger partial charge in [0.1, 0.15) is 6.61 Å². The number of hydrogen-bond acceptors (Lipinski definition) is 3. The fraction of sp³-hybridized carbons (Fsp3) is 0.429. The van der Waals surface area contributed by atoms with Gasteiger partial charge < -0.3 is 9.84 Å². The van der Waals surface area contributed by atoms with Gasteiger partial charge in [0, 0.05) is 12.8 Å². The molecule has 0 radical (unpaired) electrons. The topological polar surface area (TPSA) is 63.6 Å². The van der Waals surface area contributed by atoms with Gasteiger partial charge in [0.25, 0.3) is 0 Å². The van der Waals surface area contributed by atoms with Crippen LogP contribution in [0.15, 0.2) is 30.3 Å². The highest BCUT2D eigenvalue weighted by Crippen LogP contribution is 2.24. The third-order valence-electron chi connectivity index (χ3n) is 2.64. The second-order valence-corrected chi connectivity index (χ2v) is 4.37. The molecule has 1 N–H and O–H groups in total. The summed E-state index contributed by atoms with van der Waals surface area (Å²) in [6.45, 7) is -0.204. The van der Waals surface area contributed by atoms with Gasteiger partial charge in [-0.25, -0.2) is 4.79 Å². The molecule has 0 unspecified atom stereocenters. The van der Waals surface area contributed by atoms with E-state index in [1.165, 1.54) is 0 Å². The zero-order valence-electron chi connectivity index (χ0n) is 10.9.